The average Bonchev–Trinajstić information content (AvgIpc) is 2.45. The Balaban J connectivity index is 0.00000180. The summed E-state index contributed by atoms with van der Waals surface area (Å²) in [6, 6.07) is 10.2. The highest BCUT2D eigenvalue weighted by Crippen LogP contribution is 2.08. The van der Waals surface area contributed by atoms with Gasteiger partial charge in [-0.3, -0.25) is 4.79 Å². The first-order valence-electron chi connectivity index (χ1n) is 6.86. The molecule has 1 atom stereocenters. The van der Waals surface area contributed by atoms with E-state index in [1.165, 1.54) is 18.4 Å². The van der Waals surface area contributed by atoms with Crippen molar-refractivity contribution >= 4 is 18.3 Å². The van der Waals surface area contributed by atoms with Gasteiger partial charge in [0.05, 0.1) is 0 Å². The van der Waals surface area contributed by atoms with E-state index in [0.29, 0.717) is 12.3 Å². The third-order valence-electron chi connectivity index (χ3n) is 3.47. The summed E-state index contributed by atoms with van der Waals surface area (Å²) in [5, 5.41) is 6.41. The molecule has 2 N–H and O–H groups in total. The summed E-state index contributed by atoms with van der Waals surface area (Å²) in [5.41, 5.74) is 1.23. The summed E-state index contributed by atoms with van der Waals surface area (Å²) >= 11 is 0. The normalized spacial score (nSPS) is 18.4. The lowest BCUT2D eigenvalue weighted by Crippen LogP contribution is -2.38. The molecule has 0 aliphatic carbocycles. The molecule has 3 nitrogen and oxygen atoms in total. The van der Waals surface area contributed by atoms with Crippen LogP contribution in [0, 0.1) is 5.92 Å². The third-order valence-corrected chi connectivity index (χ3v) is 3.47. The van der Waals surface area contributed by atoms with E-state index in [9.17, 15) is 4.79 Å². The van der Waals surface area contributed by atoms with Crippen molar-refractivity contribution in [1.82, 2.24) is 10.6 Å². The molecule has 0 bridgehead atoms. The molecule has 19 heavy (non-hydrogen) atoms. The van der Waals surface area contributed by atoms with Gasteiger partial charge in [0.25, 0.3) is 0 Å². The van der Waals surface area contributed by atoms with E-state index < -0.39 is 0 Å². The highest BCUT2D eigenvalue weighted by atomic mass is 35.5. The molecule has 4 heteroatoms. The molecule has 1 heterocycles. The number of piperidine rings is 1. The highest BCUT2D eigenvalue weighted by Gasteiger charge is 2.13. The van der Waals surface area contributed by atoms with Gasteiger partial charge < -0.3 is 10.6 Å². The molecule has 0 aromatic heterocycles. The molecule has 0 saturated carbocycles. The molecule has 0 radical (unpaired) electrons. The van der Waals surface area contributed by atoms with Crippen molar-refractivity contribution in [2.24, 2.45) is 5.92 Å². The first-order valence-corrected chi connectivity index (χ1v) is 6.86. The van der Waals surface area contributed by atoms with Crippen LogP contribution in [-0.2, 0) is 11.2 Å². The van der Waals surface area contributed by atoms with Gasteiger partial charge in [-0.2, -0.15) is 0 Å². The van der Waals surface area contributed by atoms with Crippen molar-refractivity contribution in [3.8, 4) is 0 Å². The molecule has 2 rings (SSSR count). The predicted octanol–water partition coefficient (Wildman–Crippen LogP) is 2.16. The molecule has 106 valence electrons. The van der Waals surface area contributed by atoms with Crippen molar-refractivity contribution in [1.29, 1.82) is 0 Å². The van der Waals surface area contributed by atoms with Crippen molar-refractivity contribution in [3.63, 3.8) is 0 Å². The van der Waals surface area contributed by atoms with Gasteiger partial charge in [0, 0.05) is 13.0 Å². The summed E-state index contributed by atoms with van der Waals surface area (Å²) in [4.78, 5) is 11.7. The van der Waals surface area contributed by atoms with Crippen LogP contribution in [0.15, 0.2) is 30.3 Å². The Morgan fingerprint density at radius 3 is 2.79 bits per heavy atom. The standard InChI is InChI=1S/C15H22N2O.ClH/c18-15(9-8-13-5-2-1-3-6-13)17-12-14-7-4-10-16-11-14;/h1-3,5-6,14,16H,4,7-12H2,(H,17,18);1H. The summed E-state index contributed by atoms with van der Waals surface area (Å²) < 4.78 is 0. The van der Waals surface area contributed by atoms with Gasteiger partial charge in [0.1, 0.15) is 0 Å². The second-order valence-electron chi connectivity index (χ2n) is 5.00. The lowest BCUT2D eigenvalue weighted by molar-refractivity contribution is -0.121. The number of amides is 1. The molecular formula is C15H23ClN2O. The van der Waals surface area contributed by atoms with Crippen LogP contribution in [-0.4, -0.2) is 25.5 Å². The van der Waals surface area contributed by atoms with Gasteiger partial charge in [0.2, 0.25) is 5.91 Å². The van der Waals surface area contributed by atoms with Gasteiger partial charge in [-0.15, -0.1) is 12.4 Å². The van der Waals surface area contributed by atoms with E-state index in [2.05, 4.69) is 22.8 Å². The Hall–Kier alpha value is -1.06. The number of halogens is 1. The minimum Gasteiger partial charge on any atom is -0.356 e. The predicted molar refractivity (Wildman–Crippen MR) is 80.6 cm³/mol. The Labute approximate surface area is 121 Å². The molecule has 0 spiro atoms. The van der Waals surface area contributed by atoms with E-state index in [-0.39, 0.29) is 18.3 Å². The summed E-state index contributed by atoms with van der Waals surface area (Å²) in [5.74, 6) is 0.781. The number of carbonyl (C=O) groups is 1. The molecule has 1 unspecified atom stereocenters. The summed E-state index contributed by atoms with van der Waals surface area (Å²) in [7, 11) is 0. The number of rotatable bonds is 5. The largest absolute Gasteiger partial charge is 0.356 e. The quantitative estimate of drug-likeness (QED) is 0.869. The molecule has 1 amide bonds. The number of carbonyl (C=O) groups excluding carboxylic acids is 1. The van der Waals surface area contributed by atoms with Crippen LogP contribution >= 0.6 is 12.4 Å². The number of hydrogen-bond donors (Lipinski definition) is 2. The van der Waals surface area contributed by atoms with Gasteiger partial charge in [-0.25, -0.2) is 0 Å². The Kier molecular flexibility index (Phi) is 7.53. The fourth-order valence-corrected chi connectivity index (χ4v) is 2.35. The Morgan fingerprint density at radius 1 is 1.32 bits per heavy atom. The SMILES string of the molecule is Cl.O=C(CCc1ccccc1)NCC1CCCNC1. The van der Waals surface area contributed by atoms with Crippen molar-refractivity contribution < 1.29 is 4.79 Å². The summed E-state index contributed by atoms with van der Waals surface area (Å²) in [6.07, 6.45) is 3.87. The number of nitrogens with one attached hydrogen (secondary N) is 2. The van der Waals surface area contributed by atoms with E-state index >= 15 is 0 Å². The third kappa shape index (κ3) is 6.08. The molecule has 1 aromatic rings. The van der Waals surface area contributed by atoms with Crippen LogP contribution in [0.25, 0.3) is 0 Å². The molecule has 1 aliphatic rings. The fourth-order valence-electron chi connectivity index (χ4n) is 2.35. The maximum absolute atomic E-state index is 11.7. The maximum atomic E-state index is 11.7. The van der Waals surface area contributed by atoms with Crippen molar-refractivity contribution in [2.45, 2.75) is 25.7 Å². The van der Waals surface area contributed by atoms with Crippen LogP contribution in [0.5, 0.6) is 0 Å². The van der Waals surface area contributed by atoms with Crippen molar-refractivity contribution in [3.05, 3.63) is 35.9 Å². The van der Waals surface area contributed by atoms with Crippen LogP contribution in [0.4, 0.5) is 0 Å². The Bertz CT molecular complexity index is 364. The van der Waals surface area contributed by atoms with Crippen LogP contribution in [0.2, 0.25) is 0 Å². The number of benzene rings is 1. The summed E-state index contributed by atoms with van der Waals surface area (Å²) in [6.45, 7) is 2.98. The lowest BCUT2D eigenvalue weighted by atomic mass is 10.00. The zero-order valence-corrected chi connectivity index (χ0v) is 12.0. The van der Waals surface area contributed by atoms with Crippen molar-refractivity contribution in [2.75, 3.05) is 19.6 Å². The molecule has 1 aromatic carbocycles. The van der Waals surface area contributed by atoms with Gasteiger partial charge >= 0.3 is 0 Å². The van der Waals surface area contributed by atoms with Gasteiger partial charge in [-0.05, 0) is 43.8 Å². The monoisotopic (exact) mass is 282 g/mol. The second kappa shape index (κ2) is 8.94. The second-order valence-corrected chi connectivity index (χ2v) is 5.00. The van der Waals surface area contributed by atoms with E-state index in [0.717, 1.165) is 26.1 Å². The van der Waals surface area contributed by atoms with Crippen LogP contribution in [0.3, 0.4) is 0 Å². The van der Waals surface area contributed by atoms with E-state index in [4.69, 9.17) is 0 Å². The molecule has 1 fully saturated rings. The zero-order chi connectivity index (χ0) is 12.6. The average molecular weight is 283 g/mol. The van der Waals surface area contributed by atoms with Gasteiger partial charge in [-0.1, -0.05) is 30.3 Å². The number of aryl methyl sites for hydroxylation is 1. The van der Waals surface area contributed by atoms with E-state index in [1.807, 2.05) is 18.2 Å². The first-order chi connectivity index (χ1) is 8.84. The molecule has 1 saturated heterocycles. The van der Waals surface area contributed by atoms with Crippen LogP contribution in [0.1, 0.15) is 24.8 Å². The lowest BCUT2D eigenvalue weighted by Gasteiger charge is -2.22. The topological polar surface area (TPSA) is 41.1 Å². The van der Waals surface area contributed by atoms with Gasteiger partial charge in [0.15, 0.2) is 0 Å². The number of hydrogen-bond acceptors (Lipinski definition) is 2. The Morgan fingerprint density at radius 2 is 2.11 bits per heavy atom. The zero-order valence-electron chi connectivity index (χ0n) is 11.2. The fraction of sp³-hybridized carbons (Fsp3) is 0.533. The maximum Gasteiger partial charge on any atom is 0.220 e. The van der Waals surface area contributed by atoms with Crippen LogP contribution < -0.4 is 10.6 Å². The minimum absolute atomic E-state index is 0. The van der Waals surface area contributed by atoms with E-state index in [1.54, 1.807) is 0 Å². The molecule has 1 aliphatic heterocycles. The minimum atomic E-state index is 0. The smallest absolute Gasteiger partial charge is 0.220 e. The molecular weight excluding hydrogens is 260 g/mol. The highest BCUT2D eigenvalue weighted by molar-refractivity contribution is 5.85. The first kappa shape index (κ1) is 16.0.